The number of hydrogen-bond donors (Lipinski definition) is 2. The molecule has 0 aromatic heterocycles. The second-order valence-corrected chi connectivity index (χ2v) is 7.00. The molecule has 18 heavy (non-hydrogen) atoms. The van der Waals surface area contributed by atoms with Gasteiger partial charge in [0.25, 0.3) is 10.2 Å². The predicted octanol–water partition coefficient (Wildman–Crippen LogP) is -0.558. The van der Waals surface area contributed by atoms with Crippen LogP contribution in [-0.4, -0.2) is 63.9 Å². The SMILES string of the molecule is CC(CNS(=O)(=O)N1CCC(CN)CC1)N(C)C. The largest absolute Gasteiger partial charge is 0.330 e. The Morgan fingerprint density at radius 1 is 1.39 bits per heavy atom. The fourth-order valence-corrected chi connectivity index (χ4v) is 3.21. The summed E-state index contributed by atoms with van der Waals surface area (Å²) < 4.78 is 28.3. The van der Waals surface area contributed by atoms with E-state index in [0.717, 1.165) is 12.8 Å². The molecule has 1 heterocycles. The molecule has 0 bridgehead atoms. The topological polar surface area (TPSA) is 78.7 Å². The van der Waals surface area contributed by atoms with Crippen molar-refractivity contribution in [1.29, 1.82) is 0 Å². The zero-order chi connectivity index (χ0) is 13.8. The monoisotopic (exact) mass is 278 g/mol. The Morgan fingerprint density at radius 3 is 2.39 bits per heavy atom. The van der Waals surface area contributed by atoms with Crippen molar-refractivity contribution in [1.82, 2.24) is 13.9 Å². The molecule has 0 aromatic rings. The molecule has 1 atom stereocenters. The molecule has 3 N–H and O–H groups in total. The molecule has 1 aliphatic rings. The number of rotatable bonds is 6. The van der Waals surface area contributed by atoms with E-state index in [1.54, 1.807) is 0 Å². The summed E-state index contributed by atoms with van der Waals surface area (Å²) in [6.07, 6.45) is 1.72. The first-order valence-corrected chi connectivity index (χ1v) is 7.92. The van der Waals surface area contributed by atoms with Crippen LogP contribution in [0.2, 0.25) is 0 Å². The summed E-state index contributed by atoms with van der Waals surface area (Å²) >= 11 is 0. The van der Waals surface area contributed by atoms with E-state index in [9.17, 15) is 8.42 Å². The fourth-order valence-electron chi connectivity index (χ4n) is 1.89. The molecule has 0 aliphatic carbocycles. The van der Waals surface area contributed by atoms with Crippen LogP contribution in [0.4, 0.5) is 0 Å². The van der Waals surface area contributed by atoms with Gasteiger partial charge in [0.05, 0.1) is 0 Å². The Morgan fingerprint density at radius 2 is 1.94 bits per heavy atom. The Labute approximate surface area is 111 Å². The predicted molar refractivity (Wildman–Crippen MR) is 73.4 cm³/mol. The van der Waals surface area contributed by atoms with Crippen LogP contribution in [0, 0.1) is 5.92 Å². The van der Waals surface area contributed by atoms with Crippen molar-refractivity contribution in [3.63, 3.8) is 0 Å². The minimum absolute atomic E-state index is 0.182. The Bertz CT molecular complexity index is 337. The maximum atomic E-state index is 12.1. The quantitative estimate of drug-likeness (QED) is 0.683. The third-order valence-electron chi connectivity index (χ3n) is 3.69. The lowest BCUT2D eigenvalue weighted by Gasteiger charge is -2.31. The summed E-state index contributed by atoms with van der Waals surface area (Å²) in [5.74, 6) is 0.470. The maximum absolute atomic E-state index is 12.1. The number of nitrogens with zero attached hydrogens (tertiary/aromatic N) is 2. The maximum Gasteiger partial charge on any atom is 0.279 e. The van der Waals surface area contributed by atoms with Crippen molar-refractivity contribution in [3.8, 4) is 0 Å². The van der Waals surface area contributed by atoms with Gasteiger partial charge in [0.2, 0.25) is 0 Å². The van der Waals surface area contributed by atoms with Crippen LogP contribution >= 0.6 is 0 Å². The lowest BCUT2D eigenvalue weighted by molar-refractivity contribution is 0.271. The molecule has 1 unspecified atom stereocenters. The highest BCUT2D eigenvalue weighted by Crippen LogP contribution is 2.17. The van der Waals surface area contributed by atoms with Gasteiger partial charge in [-0.05, 0) is 46.3 Å². The van der Waals surface area contributed by atoms with E-state index in [2.05, 4.69) is 4.72 Å². The van der Waals surface area contributed by atoms with Gasteiger partial charge in [0.1, 0.15) is 0 Å². The standard InChI is InChI=1S/C11H26N4O2S/c1-10(14(2)3)9-13-18(16,17)15-6-4-11(8-12)5-7-15/h10-11,13H,4-9,12H2,1-3H3. The Balaban J connectivity index is 2.45. The fraction of sp³-hybridized carbons (Fsp3) is 1.00. The first-order valence-electron chi connectivity index (χ1n) is 6.48. The number of likely N-dealkylation sites (N-methyl/N-ethyl adjacent to an activating group) is 1. The van der Waals surface area contributed by atoms with Gasteiger partial charge in [-0.3, -0.25) is 0 Å². The highest BCUT2D eigenvalue weighted by Gasteiger charge is 2.27. The van der Waals surface area contributed by atoms with E-state index in [4.69, 9.17) is 5.73 Å². The normalized spacial score (nSPS) is 21.4. The molecule has 1 saturated heterocycles. The molecule has 108 valence electrons. The van der Waals surface area contributed by atoms with Crippen molar-refractivity contribution in [2.24, 2.45) is 11.7 Å². The summed E-state index contributed by atoms with van der Waals surface area (Å²) in [6.45, 7) is 4.23. The lowest BCUT2D eigenvalue weighted by Crippen LogP contribution is -2.48. The first kappa shape index (κ1) is 15.8. The highest BCUT2D eigenvalue weighted by atomic mass is 32.2. The first-order chi connectivity index (χ1) is 8.36. The van der Waals surface area contributed by atoms with Crippen LogP contribution in [0.5, 0.6) is 0 Å². The number of nitrogens with two attached hydrogens (primary N) is 1. The Hall–Kier alpha value is -0.210. The van der Waals surface area contributed by atoms with Crippen molar-refractivity contribution in [2.45, 2.75) is 25.8 Å². The number of nitrogens with one attached hydrogen (secondary N) is 1. The minimum atomic E-state index is -3.33. The van der Waals surface area contributed by atoms with Crippen LogP contribution < -0.4 is 10.5 Å². The van der Waals surface area contributed by atoms with Crippen LogP contribution in [0.1, 0.15) is 19.8 Å². The van der Waals surface area contributed by atoms with Crippen molar-refractivity contribution >= 4 is 10.2 Å². The molecule has 0 amide bonds. The Kier molecular flexibility index (Phi) is 6.00. The van der Waals surface area contributed by atoms with Gasteiger partial charge < -0.3 is 10.6 Å². The zero-order valence-corrected chi connectivity index (χ0v) is 12.4. The molecular formula is C11H26N4O2S. The minimum Gasteiger partial charge on any atom is -0.330 e. The molecule has 0 saturated carbocycles. The molecule has 1 aliphatic heterocycles. The second-order valence-electron chi connectivity index (χ2n) is 5.24. The number of piperidine rings is 1. The number of hydrogen-bond acceptors (Lipinski definition) is 4. The van der Waals surface area contributed by atoms with Crippen LogP contribution in [0.25, 0.3) is 0 Å². The molecular weight excluding hydrogens is 252 g/mol. The molecule has 1 rings (SSSR count). The lowest BCUT2D eigenvalue weighted by atomic mass is 9.99. The molecule has 0 spiro atoms. The second kappa shape index (κ2) is 6.81. The third kappa shape index (κ3) is 4.47. The summed E-state index contributed by atoms with van der Waals surface area (Å²) in [6, 6.07) is 0.182. The van der Waals surface area contributed by atoms with Gasteiger partial charge in [-0.25, -0.2) is 4.72 Å². The van der Waals surface area contributed by atoms with Gasteiger partial charge >= 0.3 is 0 Å². The molecule has 1 fully saturated rings. The average Bonchev–Trinajstić information content (AvgIpc) is 2.36. The van der Waals surface area contributed by atoms with Gasteiger partial charge in [0, 0.05) is 25.7 Å². The third-order valence-corrected chi connectivity index (χ3v) is 5.27. The van der Waals surface area contributed by atoms with Gasteiger partial charge in [-0.15, -0.1) is 0 Å². The van der Waals surface area contributed by atoms with Crippen molar-refractivity contribution < 1.29 is 8.42 Å². The van der Waals surface area contributed by atoms with Crippen molar-refractivity contribution in [3.05, 3.63) is 0 Å². The molecule has 0 radical (unpaired) electrons. The van der Waals surface area contributed by atoms with Crippen LogP contribution in [0.3, 0.4) is 0 Å². The van der Waals surface area contributed by atoms with E-state index in [0.29, 0.717) is 32.1 Å². The smallest absolute Gasteiger partial charge is 0.279 e. The highest BCUT2D eigenvalue weighted by molar-refractivity contribution is 7.87. The summed E-state index contributed by atoms with van der Waals surface area (Å²) in [4.78, 5) is 1.99. The van der Waals surface area contributed by atoms with Crippen molar-refractivity contribution in [2.75, 3.05) is 40.3 Å². The van der Waals surface area contributed by atoms with Crippen LogP contribution in [0.15, 0.2) is 0 Å². The van der Waals surface area contributed by atoms with E-state index in [-0.39, 0.29) is 6.04 Å². The van der Waals surface area contributed by atoms with E-state index >= 15 is 0 Å². The van der Waals surface area contributed by atoms with E-state index in [1.807, 2.05) is 25.9 Å². The molecule has 0 aromatic carbocycles. The average molecular weight is 278 g/mol. The summed E-state index contributed by atoms with van der Waals surface area (Å²) in [5, 5.41) is 0. The van der Waals surface area contributed by atoms with Crippen LogP contribution in [-0.2, 0) is 10.2 Å². The molecule has 6 nitrogen and oxygen atoms in total. The van der Waals surface area contributed by atoms with E-state index < -0.39 is 10.2 Å². The van der Waals surface area contributed by atoms with Gasteiger partial charge in [-0.2, -0.15) is 12.7 Å². The van der Waals surface area contributed by atoms with E-state index in [1.165, 1.54) is 4.31 Å². The molecule has 7 heteroatoms. The zero-order valence-electron chi connectivity index (χ0n) is 11.6. The van der Waals surface area contributed by atoms with Gasteiger partial charge in [0.15, 0.2) is 0 Å². The summed E-state index contributed by atoms with van der Waals surface area (Å²) in [5.41, 5.74) is 5.60. The summed E-state index contributed by atoms with van der Waals surface area (Å²) in [7, 11) is 0.545. The van der Waals surface area contributed by atoms with Gasteiger partial charge in [-0.1, -0.05) is 0 Å².